The summed E-state index contributed by atoms with van der Waals surface area (Å²) in [7, 11) is 1.66. The molecule has 0 saturated heterocycles. The van der Waals surface area contributed by atoms with E-state index in [-0.39, 0.29) is 0 Å². The second-order valence-electron chi connectivity index (χ2n) is 4.29. The molecule has 96 valence electrons. The molecule has 0 amide bonds. The number of benzene rings is 1. The lowest BCUT2D eigenvalue weighted by atomic mass is 10.0. The van der Waals surface area contributed by atoms with Crippen molar-refractivity contribution in [2.75, 3.05) is 13.7 Å². The fourth-order valence-electron chi connectivity index (χ4n) is 1.82. The van der Waals surface area contributed by atoms with Gasteiger partial charge in [-0.1, -0.05) is 0 Å². The lowest BCUT2D eigenvalue weighted by Gasteiger charge is -2.09. The first-order valence-electron chi connectivity index (χ1n) is 5.96. The average molecular weight is 246 g/mol. The molecule has 18 heavy (non-hydrogen) atoms. The van der Waals surface area contributed by atoms with E-state index in [2.05, 4.69) is 24.9 Å². The van der Waals surface area contributed by atoms with Crippen molar-refractivity contribution in [1.82, 2.24) is 4.98 Å². The highest BCUT2D eigenvalue weighted by atomic mass is 16.5. The Kier molecular flexibility index (Phi) is 3.67. The monoisotopic (exact) mass is 246 g/mol. The van der Waals surface area contributed by atoms with Crippen LogP contribution < -0.4 is 10.5 Å². The van der Waals surface area contributed by atoms with Crippen molar-refractivity contribution < 1.29 is 9.15 Å². The van der Waals surface area contributed by atoms with Gasteiger partial charge in [0.15, 0.2) is 11.7 Å². The summed E-state index contributed by atoms with van der Waals surface area (Å²) in [6.07, 6.45) is 2.37. The van der Waals surface area contributed by atoms with Gasteiger partial charge in [-0.2, -0.15) is 0 Å². The van der Waals surface area contributed by atoms with Crippen LogP contribution in [0.15, 0.2) is 22.7 Å². The highest BCUT2D eigenvalue weighted by Gasteiger charge is 2.12. The van der Waals surface area contributed by atoms with Gasteiger partial charge in [-0.25, -0.2) is 4.98 Å². The van der Waals surface area contributed by atoms with E-state index in [1.54, 1.807) is 13.3 Å². The van der Waals surface area contributed by atoms with Gasteiger partial charge in [0.05, 0.1) is 18.9 Å². The summed E-state index contributed by atoms with van der Waals surface area (Å²) in [5, 5.41) is 0. The fourth-order valence-corrected chi connectivity index (χ4v) is 1.82. The first kappa shape index (κ1) is 12.6. The molecule has 0 saturated carbocycles. The van der Waals surface area contributed by atoms with Crippen LogP contribution in [0.25, 0.3) is 11.3 Å². The van der Waals surface area contributed by atoms with Gasteiger partial charge >= 0.3 is 0 Å². The Balaban J connectivity index is 2.45. The smallest absolute Gasteiger partial charge is 0.196 e. The van der Waals surface area contributed by atoms with E-state index >= 15 is 0 Å². The normalized spacial score (nSPS) is 10.7. The molecule has 0 spiro atoms. The van der Waals surface area contributed by atoms with Gasteiger partial charge in [-0.3, -0.25) is 0 Å². The Labute approximate surface area is 107 Å². The summed E-state index contributed by atoms with van der Waals surface area (Å²) in [4.78, 5) is 4.21. The van der Waals surface area contributed by atoms with Crippen molar-refractivity contribution in [2.45, 2.75) is 20.3 Å². The van der Waals surface area contributed by atoms with Crippen molar-refractivity contribution in [2.24, 2.45) is 5.73 Å². The first-order chi connectivity index (χ1) is 8.65. The molecule has 2 rings (SSSR count). The summed E-state index contributed by atoms with van der Waals surface area (Å²) in [5.74, 6) is 2.18. The number of aromatic nitrogens is 1. The lowest BCUT2D eigenvalue weighted by molar-refractivity contribution is 0.413. The summed E-state index contributed by atoms with van der Waals surface area (Å²) >= 11 is 0. The Morgan fingerprint density at radius 3 is 2.67 bits per heavy atom. The summed E-state index contributed by atoms with van der Waals surface area (Å²) < 4.78 is 11.1. The maximum Gasteiger partial charge on any atom is 0.196 e. The van der Waals surface area contributed by atoms with Crippen molar-refractivity contribution in [3.05, 3.63) is 35.3 Å². The van der Waals surface area contributed by atoms with Crippen molar-refractivity contribution >= 4 is 0 Å². The minimum Gasteiger partial charge on any atom is -0.496 e. The van der Waals surface area contributed by atoms with E-state index in [4.69, 9.17) is 14.9 Å². The zero-order valence-electron chi connectivity index (χ0n) is 11.0. The molecule has 4 nitrogen and oxygen atoms in total. The van der Waals surface area contributed by atoms with E-state index in [9.17, 15) is 0 Å². The van der Waals surface area contributed by atoms with Gasteiger partial charge in [0.2, 0.25) is 0 Å². The minimum absolute atomic E-state index is 0.532. The maximum absolute atomic E-state index is 5.68. The molecule has 1 aromatic carbocycles. The average Bonchev–Trinajstić information content (AvgIpc) is 2.81. The number of hydrogen-bond acceptors (Lipinski definition) is 4. The number of oxazole rings is 1. The zero-order chi connectivity index (χ0) is 13.1. The van der Waals surface area contributed by atoms with E-state index < -0.39 is 0 Å². The van der Waals surface area contributed by atoms with Crippen LogP contribution in [0.3, 0.4) is 0 Å². The minimum atomic E-state index is 0.532. The van der Waals surface area contributed by atoms with Crippen LogP contribution in [0.2, 0.25) is 0 Å². The van der Waals surface area contributed by atoms with E-state index in [0.29, 0.717) is 18.9 Å². The predicted octanol–water partition coefficient (Wildman–Crippen LogP) is 2.47. The first-order valence-corrected chi connectivity index (χ1v) is 5.96. The van der Waals surface area contributed by atoms with Crippen LogP contribution in [-0.2, 0) is 6.42 Å². The molecular weight excluding hydrogens is 228 g/mol. The van der Waals surface area contributed by atoms with Crippen molar-refractivity contribution in [3.63, 3.8) is 0 Å². The number of ether oxygens (including phenoxy) is 1. The van der Waals surface area contributed by atoms with Gasteiger partial charge in [0, 0.05) is 13.0 Å². The number of nitrogens with two attached hydrogens (primary N) is 1. The van der Waals surface area contributed by atoms with E-state index in [1.165, 1.54) is 11.1 Å². The SMILES string of the molecule is COc1cc(C)c(C)cc1-c1cnc(CCN)o1. The van der Waals surface area contributed by atoms with E-state index in [1.807, 2.05) is 6.07 Å². The standard InChI is InChI=1S/C14H18N2O2/c1-9-6-11(12(17-3)7-10(9)2)13-8-16-14(18-13)4-5-15/h6-8H,4-5,15H2,1-3H3. The molecule has 0 unspecified atom stereocenters. The largest absolute Gasteiger partial charge is 0.496 e. The second kappa shape index (κ2) is 5.23. The molecule has 2 aromatic rings. The highest BCUT2D eigenvalue weighted by molar-refractivity contribution is 5.67. The number of rotatable bonds is 4. The summed E-state index contributed by atoms with van der Waals surface area (Å²) in [5.41, 5.74) is 8.80. The zero-order valence-corrected chi connectivity index (χ0v) is 11.0. The molecule has 1 heterocycles. The third-order valence-corrected chi connectivity index (χ3v) is 2.99. The van der Waals surface area contributed by atoms with Gasteiger partial charge in [0.1, 0.15) is 5.75 Å². The molecule has 0 aliphatic carbocycles. The molecule has 0 fully saturated rings. The van der Waals surface area contributed by atoms with Crippen molar-refractivity contribution in [1.29, 1.82) is 0 Å². The van der Waals surface area contributed by atoms with Gasteiger partial charge in [-0.15, -0.1) is 0 Å². The molecule has 0 radical (unpaired) electrons. The molecule has 0 atom stereocenters. The Bertz CT molecular complexity index is 547. The second-order valence-corrected chi connectivity index (χ2v) is 4.29. The number of hydrogen-bond donors (Lipinski definition) is 1. The Hall–Kier alpha value is -1.81. The summed E-state index contributed by atoms with van der Waals surface area (Å²) in [6, 6.07) is 4.07. The van der Waals surface area contributed by atoms with Crippen molar-refractivity contribution in [3.8, 4) is 17.1 Å². The van der Waals surface area contributed by atoms with Gasteiger partial charge < -0.3 is 14.9 Å². The van der Waals surface area contributed by atoms with Crippen LogP contribution >= 0.6 is 0 Å². The molecular formula is C14H18N2O2. The van der Waals surface area contributed by atoms with Crippen LogP contribution in [0.5, 0.6) is 5.75 Å². The predicted molar refractivity (Wildman–Crippen MR) is 70.7 cm³/mol. The third-order valence-electron chi connectivity index (χ3n) is 2.99. The summed E-state index contributed by atoms with van der Waals surface area (Å²) in [6.45, 7) is 4.65. The molecule has 2 N–H and O–H groups in total. The third kappa shape index (κ3) is 2.38. The van der Waals surface area contributed by atoms with Crippen LogP contribution in [0, 0.1) is 13.8 Å². The quantitative estimate of drug-likeness (QED) is 0.900. The topological polar surface area (TPSA) is 61.3 Å². The number of aryl methyl sites for hydroxylation is 2. The molecule has 0 bridgehead atoms. The van der Waals surface area contributed by atoms with Gasteiger partial charge in [0.25, 0.3) is 0 Å². The van der Waals surface area contributed by atoms with Gasteiger partial charge in [-0.05, 0) is 37.1 Å². The van der Waals surface area contributed by atoms with Crippen LogP contribution in [0.1, 0.15) is 17.0 Å². The van der Waals surface area contributed by atoms with Crippen LogP contribution in [0.4, 0.5) is 0 Å². The highest BCUT2D eigenvalue weighted by Crippen LogP contribution is 2.32. The molecule has 0 aliphatic heterocycles. The fraction of sp³-hybridized carbons (Fsp3) is 0.357. The Morgan fingerprint density at radius 1 is 1.28 bits per heavy atom. The lowest BCUT2D eigenvalue weighted by Crippen LogP contribution is -2.02. The number of nitrogens with zero attached hydrogens (tertiary/aromatic N) is 1. The molecule has 0 aliphatic rings. The molecule has 4 heteroatoms. The molecule has 1 aromatic heterocycles. The van der Waals surface area contributed by atoms with Crippen LogP contribution in [-0.4, -0.2) is 18.6 Å². The number of methoxy groups -OCH3 is 1. The maximum atomic E-state index is 5.68. The Morgan fingerprint density at radius 2 is 2.00 bits per heavy atom. The van der Waals surface area contributed by atoms with E-state index in [0.717, 1.165) is 17.1 Å².